The lowest BCUT2D eigenvalue weighted by Crippen LogP contribution is -2.53. The second kappa shape index (κ2) is 6.29. The molecule has 22 heavy (non-hydrogen) atoms. The minimum Gasteiger partial charge on any atom is -0.428 e. The molecule has 0 radical (unpaired) electrons. The van der Waals surface area contributed by atoms with E-state index in [9.17, 15) is 30.7 Å². The van der Waals surface area contributed by atoms with Gasteiger partial charge in [-0.15, -0.1) is 0 Å². The van der Waals surface area contributed by atoms with E-state index in [0.29, 0.717) is 0 Å². The molecular weight excluding hydrogens is 323 g/mol. The van der Waals surface area contributed by atoms with E-state index in [0.717, 1.165) is 18.2 Å². The molecule has 0 aromatic heterocycles. The molecule has 1 aromatic rings. The van der Waals surface area contributed by atoms with Crippen molar-refractivity contribution in [3.8, 4) is 5.75 Å². The van der Waals surface area contributed by atoms with Crippen molar-refractivity contribution < 1.29 is 40.6 Å². The average Bonchev–Trinajstić information content (AvgIpc) is 2.35. The highest BCUT2D eigenvalue weighted by atomic mass is 19.4. The SMILES string of the molecule is NC(O)(CCc1cccc(OC(F)(F)C(F)F)c1)C(F)(F)F. The zero-order chi connectivity index (χ0) is 17.2. The topological polar surface area (TPSA) is 55.5 Å². The van der Waals surface area contributed by atoms with Gasteiger partial charge >= 0.3 is 18.7 Å². The van der Waals surface area contributed by atoms with Crippen molar-refractivity contribution >= 4 is 0 Å². The summed E-state index contributed by atoms with van der Waals surface area (Å²) in [6.45, 7) is 0. The summed E-state index contributed by atoms with van der Waals surface area (Å²) in [6.07, 6.45) is -15.2. The van der Waals surface area contributed by atoms with Crippen molar-refractivity contribution in [3.05, 3.63) is 29.8 Å². The fraction of sp³-hybridized carbons (Fsp3) is 0.500. The van der Waals surface area contributed by atoms with E-state index in [-0.39, 0.29) is 5.56 Å². The molecule has 10 heteroatoms. The van der Waals surface area contributed by atoms with Crippen molar-refractivity contribution in [3.63, 3.8) is 0 Å². The van der Waals surface area contributed by atoms with E-state index < -0.39 is 43.0 Å². The van der Waals surface area contributed by atoms with Gasteiger partial charge in [-0.3, -0.25) is 5.73 Å². The lowest BCUT2D eigenvalue weighted by atomic mass is 10.0. The Kier molecular flexibility index (Phi) is 5.29. The van der Waals surface area contributed by atoms with Gasteiger partial charge in [-0.05, 0) is 24.1 Å². The number of hydrogen-bond donors (Lipinski definition) is 2. The van der Waals surface area contributed by atoms with Crippen molar-refractivity contribution in [2.75, 3.05) is 0 Å². The lowest BCUT2D eigenvalue weighted by Gasteiger charge is -2.25. The quantitative estimate of drug-likeness (QED) is 0.621. The molecule has 0 bridgehead atoms. The van der Waals surface area contributed by atoms with Crippen molar-refractivity contribution in [2.45, 2.75) is 37.3 Å². The van der Waals surface area contributed by atoms with E-state index >= 15 is 0 Å². The Morgan fingerprint density at radius 2 is 1.73 bits per heavy atom. The van der Waals surface area contributed by atoms with Crippen LogP contribution in [0.3, 0.4) is 0 Å². The summed E-state index contributed by atoms with van der Waals surface area (Å²) in [6, 6.07) is 4.19. The lowest BCUT2D eigenvalue weighted by molar-refractivity contribution is -0.260. The molecule has 0 aliphatic carbocycles. The summed E-state index contributed by atoms with van der Waals surface area (Å²) >= 11 is 0. The van der Waals surface area contributed by atoms with Gasteiger partial charge in [-0.25, -0.2) is 0 Å². The standard InChI is InChI=1S/C12H12F7NO2/c13-9(14)11(15,16)22-8-3-1-2-7(6-8)4-5-10(20,21)12(17,18)19/h1-3,6,9,21H,4-5,20H2. The number of ether oxygens (including phenoxy) is 1. The maximum absolute atomic E-state index is 12.7. The van der Waals surface area contributed by atoms with Gasteiger partial charge in [0.1, 0.15) is 5.75 Å². The first-order valence-corrected chi connectivity index (χ1v) is 5.87. The first-order valence-electron chi connectivity index (χ1n) is 5.87. The fourth-order valence-corrected chi connectivity index (χ4v) is 1.44. The predicted molar refractivity (Wildman–Crippen MR) is 61.5 cm³/mol. The number of alkyl halides is 7. The van der Waals surface area contributed by atoms with Gasteiger partial charge < -0.3 is 9.84 Å². The van der Waals surface area contributed by atoms with Crippen LogP contribution in [0.1, 0.15) is 12.0 Å². The third-order valence-corrected chi connectivity index (χ3v) is 2.69. The molecule has 1 unspecified atom stereocenters. The number of aliphatic hydroxyl groups is 1. The summed E-state index contributed by atoms with van der Waals surface area (Å²) < 4.78 is 90.2. The molecule has 0 spiro atoms. The molecule has 1 rings (SSSR count). The Morgan fingerprint density at radius 1 is 1.14 bits per heavy atom. The van der Waals surface area contributed by atoms with Crippen LogP contribution in [0, 0.1) is 0 Å². The first-order chi connectivity index (χ1) is 9.85. The normalized spacial score (nSPS) is 15.7. The average molecular weight is 335 g/mol. The molecule has 0 fully saturated rings. The molecule has 3 nitrogen and oxygen atoms in total. The van der Waals surface area contributed by atoms with Crippen LogP contribution in [-0.2, 0) is 6.42 Å². The van der Waals surface area contributed by atoms with Crippen molar-refractivity contribution in [2.24, 2.45) is 5.73 Å². The molecule has 3 N–H and O–H groups in total. The van der Waals surface area contributed by atoms with Crippen LogP contribution in [0.25, 0.3) is 0 Å². The minimum atomic E-state index is -5.07. The van der Waals surface area contributed by atoms with Gasteiger partial charge in [0, 0.05) is 6.42 Å². The van der Waals surface area contributed by atoms with Gasteiger partial charge in [0.05, 0.1) is 0 Å². The summed E-state index contributed by atoms with van der Waals surface area (Å²) in [5, 5.41) is 9.04. The number of benzene rings is 1. The Bertz CT molecular complexity index is 502. The Balaban J connectivity index is 2.78. The molecule has 0 saturated carbocycles. The number of halogens is 7. The molecule has 1 aromatic carbocycles. The summed E-state index contributed by atoms with van der Waals surface area (Å²) in [4.78, 5) is 0. The zero-order valence-corrected chi connectivity index (χ0v) is 10.9. The van der Waals surface area contributed by atoms with Gasteiger partial charge in [0.2, 0.25) is 5.72 Å². The molecule has 0 amide bonds. The fourth-order valence-electron chi connectivity index (χ4n) is 1.44. The minimum absolute atomic E-state index is 0.0516. The monoisotopic (exact) mass is 335 g/mol. The van der Waals surface area contributed by atoms with E-state index in [4.69, 9.17) is 10.8 Å². The zero-order valence-electron chi connectivity index (χ0n) is 10.9. The van der Waals surface area contributed by atoms with Crippen LogP contribution in [0.4, 0.5) is 30.7 Å². The number of rotatable bonds is 6. The van der Waals surface area contributed by atoms with Crippen LogP contribution in [-0.4, -0.2) is 29.5 Å². The molecule has 1 atom stereocenters. The summed E-state index contributed by atoms with van der Waals surface area (Å²) in [5.74, 6) is -0.643. The third kappa shape index (κ3) is 4.73. The summed E-state index contributed by atoms with van der Waals surface area (Å²) in [5.41, 5.74) is 1.31. The van der Waals surface area contributed by atoms with Crippen molar-refractivity contribution in [1.82, 2.24) is 0 Å². The van der Waals surface area contributed by atoms with Crippen LogP contribution in [0.15, 0.2) is 24.3 Å². The van der Waals surface area contributed by atoms with Gasteiger partial charge in [0.25, 0.3) is 0 Å². The maximum Gasteiger partial charge on any atom is 0.461 e. The highest BCUT2D eigenvalue weighted by Gasteiger charge is 2.50. The highest BCUT2D eigenvalue weighted by molar-refractivity contribution is 5.29. The van der Waals surface area contributed by atoms with Gasteiger partial charge in [-0.1, -0.05) is 12.1 Å². The second-order valence-corrected chi connectivity index (χ2v) is 4.53. The number of aryl methyl sites for hydroxylation is 1. The third-order valence-electron chi connectivity index (χ3n) is 2.69. The Labute approximate surface area is 120 Å². The van der Waals surface area contributed by atoms with Gasteiger partial charge in [0.15, 0.2) is 0 Å². The van der Waals surface area contributed by atoms with Crippen LogP contribution >= 0.6 is 0 Å². The highest BCUT2D eigenvalue weighted by Crippen LogP contribution is 2.31. The molecule has 126 valence electrons. The van der Waals surface area contributed by atoms with Crippen LogP contribution < -0.4 is 10.5 Å². The van der Waals surface area contributed by atoms with E-state index in [1.165, 1.54) is 6.07 Å². The van der Waals surface area contributed by atoms with E-state index in [2.05, 4.69) is 4.74 Å². The molecule has 0 aliphatic rings. The number of nitrogens with two attached hydrogens (primary N) is 1. The Hall–Kier alpha value is -1.55. The first kappa shape index (κ1) is 18.5. The van der Waals surface area contributed by atoms with Gasteiger partial charge in [-0.2, -0.15) is 30.7 Å². The maximum atomic E-state index is 12.7. The predicted octanol–water partition coefficient (Wildman–Crippen LogP) is 3.07. The molecule has 0 saturated heterocycles. The molecule has 0 heterocycles. The van der Waals surface area contributed by atoms with Crippen LogP contribution in [0.5, 0.6) is 5.75 Å². The largest absolute Gasteiger partial charge is 0.461 e. The molecule has 0 aliphatic heterocycles. The van der Waals surface area contributed by atoms with Crippen LogP contribution in [0.2, 0.25) is 0 Å². The smallest absolute Gasteiger partial charge is 0.428 e. The molecular formula is C12H12F7NO2. The second-order valence-electron chi connectivity index (χ2n) is 4.53. The number of hydrogen-bond acceptors (Lipinski definition) is 3. The summed E-state index contributed by atoms with van der Waals surface area (Å²) in [7, 11) is 0. The van der Waals surface area contributed by atoms with E-state index in [1.54, 1.807) is 0 Å². The Morgan fingerprint density at radius 3 is 2.23 bits per heavy atom. The van der Waals surface area contributed by atoms with E-state index in [1.807, 2.05) is 0 Å². The van der Waals surface area contributed by atoms with Crippen molar-refractivity contribution in [1.29, 1.82) is 0 Å².